The normalized spacial score (nSPS) is 34.9. The molecular weight excluding hydrogens is 214 g/mol. The summed E-state index contributed by atoms with van der Waals surface area (Å²) in [5.41, 5.74) is 1.83. The van der Waals surface area contributed by atoms with Gasteiger partial charge in [-0.1, -0.05) is 13.8 Å². The molecule has 0 aromatic carbocycles. The van der Waals surface area contributed by atoms with Gasteiger partial charge in [-0.05, 0) is 31.6 Å². The molecule has 0 saturated heterocycles. The molecule has 92 valence electrons. The van der Waals surface area contributed by atoms with Crippen LogP contribution in [-0.2, 0) is 4.79 Å². The standard InChI is InChI=1S/C13H19N3O/c1-6(2)7(3)14-13(17)12-10-5-8-4-9(8)11(10)15-16-12/h6-10H,4-5H2,1-3H3,(H,14,17)/t7-,8?,9?,10?/m1/s1. The van der Waals surface area contributed by atoms with Gasteiger partial charge in [0.1, 0.15) is 5.71 Å². The van der Waals surface area contributed by atoms with Gasteiger partial charge >= 0.3 is 0 Å². The Morgan fingerprint density at radius 2 is 2.06 bits per heavy atom. The quantitative estimate of drug-likeness (QED) is 0.791. The summed E-state index contributed by atoms with van der Waals surface area (Å²) in [7, 11) is 0. The SMILES string of the molecule is CC(C)[C@@H](C)NC(=O)C1=NN=C2C1CC1CC21. The number of hydrogen-bond donors (Lipinski definition) is 1. The molecule has 4 atom stereocenters. The first kappa shape index (κ1) is 10.9. The van der Waals surface area contributed by atoms with Gasteiger partial charge in [0.15, 0.2) is 0 Å². The van der Waals surface area contributed by atoms with Crippen LogP contribution in [0, 0.1) is 23.7 Å². The minimum Gasteiger partial charge on any atom is -0.348 e. The third-order valence-electron chi connectivity index (χ3n) is 4.39. The van der Waals surface area contributed by atoms with Crippen molar-refractivity contribution >= 4 is 17.3 Å². The predicted molar refractivity (Wildman–Crippen MR) is 67.0 cm³/mol. The van der Waals surface area contributed by atoms with Gasteiger partial charge in [-0.3, -0.25) is 4.79 Å². The highest BCUT2D eigenvalue weighted by molar-refractivity contribution is 6.45. The molecule has 3 aliphatic rings. The Kier molecular flexibility index (Phi) is 2.35. The Labute approximate surface area is 102 Å². The van der Waals surface area contributed by atoms with E-state index in [1.807, 2.05) is 6.92 Å². The van der Waals surface area contributed by atoms with Gasteiger partial charge in [0, 0.05) is 17.9 Å². The van der Waals surface area contributed by atoms with E-state index in [0.717, 1.165) is 12.3 Å². The highest BCUT2D eigenvalue weighted by Crippen LogP contribution is 2.54. The predicted octanol–water partition coefficient (Wildman–Crippen LogP) is 1.61. The number of fused-ring (bicyclic) bond motifs is 3. The van der Waals surface area contributed by atoms with Crippen molar-refractivity contribution in [2.45, 2.75) is 39.7 Å². The lowest BCUT2D eigenvalue weighted by Crippen LogP contribution is -2.42. The van der Waals surface area contributed by atoms with Crippen LogP contribution in [0.3, 0.4) is 0 Å². The molecule has 1 N–H and O–H groups in total. The van der Waals surface area contributed by atoms with Gasteiger partial charge < -0.3 is 5.32 Å². The zero-order chi connectivity index (χ0) is 12.2. The van der Waals surface area contributed by atoms with Crippen molar-refractivity contribution in [3.63, 3.8) is 0 Å². The molecule has 1 heterocycles. The van der Waals surface area contributed by atoms with Crippen molar-refractivity contribution in [2.24, 2.45) is 33.9 Å². The third-order valence-corrected chi connectivity index (χ3v) is 4.39. The Morgan fingerprint density at radius 3 is 2.76 bits per heavy atom. The van der Waals surface area contributed by atoms with Gasteiger partial charge in [0.25, 0.3) is 5.91 Å². The minimum absolute atomic E-state index is 0.0174. The van der Waals surface area contributed by atoms with Crippen LogP contribution >= 0.6 is 0 Å². The molecule has 0 aromatic heterocycles. The molecule has 0 radical (unpaired) electrons. The number of amides is 1. The summed E-state index contributed by atoms with van der Waals surface area (Å²) in [6, 6.07) is 0.185. The molecule has 3 rings (SSSR count). The van der Waals surface area contributed by atoms with Crippen LogP contribution in [0.25, 0.3) is 0 Å². The fourth-order valence-electron chi connectivity index (χ4n) is 2.78. The van der Waals surface area contributed by atoms with Gasteiger partial charge in [0.05, 0.1) is 5.71 Å². The first-order chi connectivity index (χ1) is 8.08. The average Bonchev–Trinajstić information content (AvgIpc) is 2.76. The summed E-state index contributed by atoms with van der Waals surface area (Å²) in [6.45, 7) is 6.24. The second-order valence-corrected chi connectivity index (χ2v) is 5.91. The van der Waals surface area contributed by atoms with Crippen molar-refractivity contribution < 1.29 is 4.79 Å². The zero-order valence-corrected chi connectivity index (χ0v) is 10.6. The zero-order valence-electron chi connectivity index (χ0n) is 10.6. The van der Waals surface area contributed by atoms with Crippen molar-refractivity contribution in [2.75, 3.05) is 0 Å². The molecule has 1 amide bonds. The lowest BCUT2D eigenvalue weighted by Gasteiger charge is -2.18. The topological polar surface area (TPSA) is 53.8 Å². The molecule has 17 heavy (non-hydrogen) atoms. The second kappa shape index (κ2) is 3.65. The maximum Gasteiger partial charge on any atom is 0.268 e. The molecule has 2 saturated carbocycles. The average molecular weight is 233 g/mol. The fourth-order valence-corrected chi connectivity index (χ4v) is 2.78. The summed E-state index contributed by atoms with van der Waals surface area (Å²) < 4.78 is 0. The van der Waals surface area contributed by atoms with Gasteiger partial charge in [-0.2, -0.15) is 5.10 Å². The van der Waals surface area contributed by atoms with Crippen LogP contribution in [0.2, 0.25) is 0 Å². The maximum absolute atomic E-state index is 12.1. The maximum atomic E-state index is 12.1. The lowest BCUT2D eigenvalue weighted by molar-refractivity contribution is -0.115. The van der Waals surface area contributed by atoms with E-state index in [0.29, 0.717) is 17.5 Å². The van der Waals surface area contributed by atoms with E-state index in [1.54, 1.807) is 0 Å². The van der Waals surface area contributed by atoms with Crippen molar-refractivity contribution in [1.82, 2.24) is 5.32 Å². The number of carbonyl (C=O) groups excluding carboxylic acids is 1. The highest BCUT2D eigenvalue weighted by atomic mass is 16.2. The summed E-state index contributed by atoms with van der Waals surface area (Å²) in [4.78, 5) is 12.1. The molecule has 2 fully saturated rings. The number of hydrogen-bond acceptors (Lipinski definition) is 3. The van der Waals surface area contributed by atoms with E-state index in [9.17, 15) is 4.79 Å². The van der Waals surface area contributed by atoms with Crippen LogP contribution in [-0.4, -0.2) is 23.4 Å². The Balaban J connectivity index is 1.65. The van der Waals surface area contributed by atoms with Crippen LogP contribution in [0.5, 0.6) is 0 Å². The van der Waals surface area contributed by atoms with E-state index >= 15 is 0 Å². The smallest absolute Gasteiger partial charge is 0.268 e. The fraction of sp³-hybridized carbons (Fsp3) is 0.769. The molecule has 4 nitrogen and oxygen atoms in total. The van der Waals surface area contributed by atoms with E-state index in [4.69, 9.17) is 0 Å². The van der Waals surface area contributed by atoms with Gasteiger partial charge in [-0.25, -0.2) is 0 Å². The molecule has 0 bridgehead atoms. The second-order valence-electron chi connectivity index (χ2n) is 5.91. The Bertz CT molecular complexity index is 424. The minimum atomic E-state index is -0.0174. The van der Waals surface area contributed by atoms with Crippen LogP contribution < -0.4 is 5.32 Å². The van der Waals surface area contributed by atoms with E-state index in [1.165, 1.54) is 12.1 Å². The summed E-state index contributed by atoms with van der Waals surface area (Å²) in [5.74, 6) is 2.10. The Hall–Kier alpha value is -1.19. The molecule has 0 spiro atoms. The van der Waals surface area contributed by atoms with E-state index in [-0.39, 0.29) is 17.9 Å². The highest BCUT2D eigenvalue weighted by Gasteiger charge is 2.55. The van der Waals surface area contributed by atoms with Gasteiger partial charge in [-0.15, -0.1) is 5.10 Å². The molecule has 0 aromatic rings. The molecule has 3 unspecified atom stereocenters. The van der Waals surface area contributed by atoms with Crippen LogP contribution in [0.1, 0.15) is 33.6 Å². The summed E-state index contributed by atoms with van der Waals surface area (Å²) in [6.07, 6.45) is 2.36. The number of nitrogens with one attached hydrogen (secondary N) is 1. The van der Waals surface area contributed by atoms with Crippen molar-refractivity contribution in [3.8, 4) is 0 Å². The summed E-state index contributed by atoms with van der Waals surface area (Å²) in [5, 5.41) is 11.3. The molecule has 1 aliphatic heterocycles. The first-order valence-electron chi connectivity index (χ1n) is 6.54. The van der Waals surface area contributed by atoms with Gasteiger partial charge in [0.2, 0.25) is 0 Å². The third kappa shape index (κ3) is 1.70. The Morgan fingerprint density at radius 1 is 1.29 bits per heavy atom. The van der Waals surface area contributed by atoms with Crippen LogP contribution in [0.4, 0.5) is 0 Å². The molecular formula is C13H19N3O. The lowest BCUT2D eigenvalue weighted by atomic mass is 9.95. The monoisotopic (exact) mass is 233 g/mol. The molecule has 2 aliphatic carbocycles. The first-order valence-corrected chi connectivity index (χ1v) is 6.54. The number of carbonyl (C=O) groups is 1. The van der Waals surface area contributed by atoms with E-state index < -0.39 is 0 Å². The number of nitrogens with zero attached hydrogens (tertiary/aromatic N) is 2. The summed E-state index contributed by atoms with van der Waals surface area (Å²) >= 11 is 0. The van der Waals surface area contributed by atoms with Crippen molar-refractivity contribution in [1.29, 1.82) is 0 Å². The van der Waals surface area contributed by atoms with Crippen molar-refractivity contribution in [3.05, 3.63) is 0 Å². The molecule has 4 heteroatoms. The van der Waals surface area contributed by atoms with E-state index in [2.05, 4.69) is 29.4 Å². The largest absolute Gasteiger partial charge is 0.348 e. The van der Waals surface area contributed by atoms with Crippen LogP contribution in [0.15, 0.2) is 10.2 Å². The number of rotatable bonds is 3.